The molecule has 0 bridgehead atoms. The minimum atomic E-state index is 0.306. The minimum absolute atomic E-state index is 0.306. The molecule has 0 aliphatic heterocycles. The molecule has 4 atom stereocenters. The summed E-state index contributed by atoms with van der Waals surface area (Å²) in [7, 11) is 0. The molecule has 0 heterocycles. The van der Waals surface area contributed by atoms with Crippen LogP contribution >= 0.6 is 0 Å². The van der Waals surface area contributed by atoms with Crippen molar-refractivity contribution in [3.05, 3.63) is 143 Å². The predicted molar refractivity (Wildman–Crippen MR) is 237 cm³/mol. The summed E-state index contributed by atoms with van der Waals surface area (Å²) >= 11 is 0. The second kappa shape index (κ2) is 14.8. The summed E-state index contributed by atoms with van der Waals surface area (Å²) in [6.07, 6.45) is 16.3. The summed E-state index contributed by atoms with van der Waals surface area (Å²) < 4.78 is 0. The molecule has 2 heteroatoms. The lowest BCUT2D eigenvalue weighted by atomic mass is 9.82. The predicted octanol–water partition coefficient (Wildman–Crippen LogP) is 15.5. The van der Waals surface area contributed by atoms with Gasteiger partial charge in [-0.3, -0.25) is 0 Å². The molecule has 0 saturated heterocycles. The highest BCUT2D eigenvalue weighted by Crippen LogP contribution is 2.51. The van der Waals surface area contributed by atoms with Gasteiger partial charge in [0.1, 0.15) is 0 Å². The lowest BCUT2D eigenvalue weighted by Crippen LogP contribution is -2.31. The van der Waals surface area contributed by atoms with E-state index in [0.29, 0.717) is 23.8 Å². The van der Waals surface area contributed by atoms with E-state index in [1.807, 2.05) is 0 Å². The monoisotopic (exact) mass is 710 g/mol. The Hall–Kier alpha value is -4.82. The van der Waals surface area contributed by atoms with Gasteiger partial charge in [-0.05, 0) is 163 Å². The quantitative estimate of drug-likeness (QED) is 0.103. The van der Waals surface area contributed by atoms with E-state index in [1.165, 1.54) is 101 Å². The summed E-state index contributed by atoms with van der Waals surface area (Å²) in [5, 5.41) is 8.34. The fourth-order valence-electron chi connectivity index (χ4n) is 9.44. The third-order valence-corrected chi connectivity index (χ3v) is 12.7. The summed E-state index contributed by atoms with van der Waals surface area (Å²) in [6, 6.07) is 33.6. The SMILES string of the molecule is CCC(C)c1cc(N(C2=CC=CC(C)C2)c2cccc(C)c2)c2ccc3c(C(C)CC)cc(N(c4cccc(C)c4)C4C=C(C)CCC4)c4ccc1c2c34. The van der Waals surface area contributed by atoms with E-state index in [0.717, 1.165) is 25.7 Å². The van der Waals surface area contributed by atoms with Crippen LogP contribution in [0.25, 0.3) is 32.3 Å². The maximum absolute atomic E-state index is 2.70. The number of hydrogen-bond acceptors (Lipinski definition) is 2. The molecule has 4 unspecified atom stereocenters. The molecule has 8 rings (SSSR count). The van der Waals surface area contributed by atoms with E-state index in [-0.39, 0.29) is 0 Å². The van der Waals surface area contributed by atoms with E-state index in [2.05, 4.69) is 174 Å². The van der Waals surface area contributed by atoms with Crippen LogP contribution in [0, 0.1) is 19.8 Å². The van der Waals surface area contributed by atoms with Gasteiger partial charge in [0, 0.05) is 33.5 Å². The molecule has 0 radical (unpaired) electrons. The summed E-state index contributed by atoms with van der Waals surface area (Å²) in [4.78, 5) is 5.29. The lowest BCUT2D eigenvalue weighted by Gasteiger charge is -2.37. The zero-order valence-electron chi connectivity index (χ0n) is 33.8. The van der Waals surface area contributed by atoms with Gasteiger partial charge in [0.15, 0.2) is 0 Å². The second-order valence-electron chi connectivity index (χ2n) is 16.7. The van der Waals surface area contributed by atoms with Crippen LogP contribution < -0.4 is 9.80 Å². The molecule has 54 heavy (non-hydrogen) atoms. The van der Waals surface area contributed by atoms with Gasteiger partial charge in [-0.2, -0.15) is 0 Å². The van der Waals surface area contributed by atoms with Crippen LogP contribution in [0.4, 0.5) is 22.7 Å². The first kappa shape index (κ1) is 36.2. The highest BCUT2D eigenvalue weighted by molar-refractivity contribution is 6.29. The van der Waals surface area contributed by atoms with Gasteiger partial charge in [-0.25, -0.2) is 0 Å². The first-order valence-electron chi connectivity index (χ1n) is 20.7. The van der Waals surface area contributed by atoms with E-state index in [4.69, 9.17) is 0 Å². The van der Waals surface area contributed by atoms with Crippen molar-refractivity contribution in [1.29, 1.82) is 0 Å². The molecule has 276 valence electrons. The van der Waals surface area contributed by atoms with Crippen LogP contribution in [0.3, 0.4) is 0 Å². The minimum Gasteiger partial charge on any atom is -0.334 e. The first-order chi connectivity index (χ1) is 26.2. The third kappa shape index (κ3) is 6.42. The number of rotatable bonds is 10. The fraction of sp³-hybridized carbons (Fsp3) is 0.346. The number of anilines is 4. The van der Waals surface area contributed by atoms with E-state index < -0.39 is 0 Å². The van der Waals surface area contributed by atoms with Crippen molar-refractivity contribution >= 4 is 55.1 Å². The van der Waals surface area contributed by atoms with Crippen molar-refractivity contribution < 1.29 is 0 Å². The molecule has 0 fully saturated rings. The molecule has 2 aliphatic rings. The highest BCUT2D eigenvalue weighted by Gasteiger charge is 2.29. The van der Waals surface area contributed by atoms with Gasteiger partial charge in [0.25, 0.3) is 0 Å². The third-order valence-electron chi connectivity index (χ3n) is 12.7. The molecule has 0 saturated carbocycles. The van der Waals surface area contributed by atoms with Crippen molar-refractivity contribution in [2.45, 2.75) is 112 Å². The topological polar surface area (TPSA) is 6.48 Å². The molecule has 2 nitrogen and oxygen atoms in total. The highest BCUT2D eigenvalue weighted by atomic mass is 15.2. The van der Waals surface area contributed by atoms with Crippen LogP contribution in [0.2, 0.25) is 0 Å². The molecular weight excluding hydrogens is 653 g/mol. The maximum Gasteiger partial charge on any atom is 0.0540 e. The number of nitrogens with zero attached hydrogens (tertiary/aromatic N) is 2. The molecule has 6 aromatic rings. The van der Waals surface area contributed by atoms with Gasteiger partial charge < -0.3 is 9.80 Å². The maximum atomic E-state index is 2.70. The Morgan fingerprint density at radius 2 is 1.26 bits per heavy atom. The summed E-state index contributed by atoms with van der Waals surface area (Å²) in [6.45, 7) is 18.7. The molecule has 0 spiro atoms. The van der Waals surface area contributed by atoms with Crippen LogP contribution in [0.5, 0.6) is 0 Å². The van der Waals surface area contributed by atoms with Gasteiger partial charge in [-0.1, -0.05) is 107 Å². The lowest BCUT2D eigenvalue weighted by molar-refractivity contribution is 0.614. The standard InChI is InChI=1S/C52H58N2/c1-9-37(7)47-31-49(53(39-19-11-15-33(3)27-39)40-20-12-16-34(4)28-40)45-26-24-44-48(38(8)10-2)32-50(46-25-23-43(47)51(45)52(44)46)54(41-21-13-17-35(5)29-41)42-22-14-18-36(6)30-42/h11-13,15-17,19-21,23-27,29-32,34,37-38,42H,9-10,14,18,22,28H2,1-8H3. The zero-order chi connectivity index (χ0) is 37.7. The molecule has 0 aromatic heterocycles. The second-order valence-corrected chi connectivity index (χ2v) is 16.7. The van der Waals surface area contributed by atoms with Crippen molar-refractivity contribution in [2.75, 3.05) is 9.80 Å². The van der Waals surface area contributed by atoms with Crippen LogP contribution in [-0.2, 0) is 0 Å². The van der Waals surface area contributed by atoms with E-state index in [1.54, 1.807) is 0 Å². The van der Waals surface area contributed by atoms with Crippen molar-refractivity contribution in [3.8, 4) is 0 Å². The zero-order valence-corrected chi connectivity index (χ0v) is 33.8. The van der Waals surface area contributed by atoms with Crippen LogP contribution in [0.15, 0.2) is 121 Å². The molecular formula is C52H58N2. The fourth-order valence-corrected chi connectivity index (χ4v) is 9.44. The Kier molecular flexibility index (Phi) is 9.90. The summed E-state index contributed by atoms with van der Waals surface area (Å²) in [5.74, 6) is 1.32. The number of benzene rings is 6. The largest absolute Gasteiger partial charge is 0.334 e. The van der Waals surface area contributed by atoms with E-state index in [9.17, 15) is 0 Å². The van der Waals surface area contributed by atoms with Crippen LogP contribution in [0.1, 0.15) is 114 Å². The number of hydrogen-bond donors (Lipinski definition) is 0. The van der Waals surface area contributed by atoms with Crippen molar-refractivity contribution in [3.63, 3.8) is 0 Å². The molecule has 2 aliphatic carbocycles. The van der Waals surface area contributed by atoms with Gasteiger partial charge in [0.05, 0.1) is 11.7 Å². The normalized spacial score (nSPS) is 18.6. The Morgan fingerprint density at radius 3 is 1.85 bits per heavy atom. The average Bonchev–Trinajstić information content (AvgIpc) is 3.17. The van der Waals surface area contributed by atoms with Gasteiger partial charge >= 0.3 is 0 Å². The Balaban J connectivity index is 1.51. The Bertz CT molecular complexity index is 2420. The molecule has 0 N–H and O–H groups in total. The smallest absolute Gasteiger partial charge is 0.0540 e. The van der Waals surface area contributed by atoms with Gasteiger partial charge in [0.2, 0.25) is 0 Å². The van der Waals surface area contributed by atoms with Gasteiger partial charge in [-0.15, -0.1) is 0 Å². The first-order valence-corrected chi connectivity index (χ1v) is 20.7. The van der Waals surface area contributed by atoms with Crippen molar-refractivity contribution in [1.82, 2.24) is 0 Å². The van der Waals surface area contributed by atoms with Crippen molar-refractivity contribution in [2.24, 2.45) is 5.92 Å². The number of aryl methyl sites for hydroxylation is 2. The van der Waals surface area contributed by atoms with E-state index >= 15 is 0 Å². The Labute approximate surface area is 324 Å². The average molecular weight is 711 g/mol. The molecule has 0 amide bonds. The summed E-state index contributed by atoms with van der Waals surface area (Å²) in [5.41, 5.74) is 13.5. The Morgan fingerprint density at radius 1 is 0.685 bits per heavy atom. The number of allylic oxidation sites excluding steroid dienone is 5. The van der Waals surface area contributed by atoms with Crippen LogP contribution in [-0.4, -0.2) is 6.04 Å². The molecule has 6 aromatic carbocycles.